The van der Waals surface area contributed by atoms with E-state index in [1.807, 2.05) is 43.9 Å². The number of benzene rings is 1. The standard InChI is InChI=1S/C15H21N3OS/c1-10(2)16-15(20)17-12-6-7-13(11(3)9-12)18-8-4-5-14(18)19/h6-7,9-10H,4-5,8H2,1-3H3,(H2,16,17,20). The molecule has 1 aliphatic rings. The minimum absolute atomic E-state index is 0.214. The van der Waals surface area contributed by atoms with E-state index in [1.54, 1.807) is 0 Å². The van der Waals surface area contributed by atoms with Crippen LogP contribution in [0.4, 0.5) is 11.4 Å². The van der Waals surface area contributed by atoms with Crippen molar-refractivity contribution in [1.29, 1.82) is 0 Å². The van der Waals surface area contributed by atoms with Gasteiger partial charge in [0.1, 0.15) is 0 Å². The first-order valence-electron chi connectivity index (χ1n) is 6.96. The van der Waals surface area contributed by atoms with E-state index in [2.05, 4.69) is 10.6 Å². The third-order valence-corrected chi connectivity index (χ3v) is 3.46. The van der Waals surface area contributed by atoms with Gasteiger partial charge in [0.25, 0.3) is 0 Å². The lowest BCUT2D eigenvalue weighted by Gasteiger charge is -2.20. The molecule has 1 fully saturated rings. The third kappa shape index (κ3) is 3.48. The molecule has 20 heavy (non-hydrogen) atoms. The molecule has 2 rings (SSSR count). The van der Waals surface area contributed by atoms with Crippen LogP contribution in [-0.2, 0) is 4.79 Å². The molecule has 2 N–H and O–H groups in total. The van der Waals surface area contributed by atoms with E-state index in [0.717, 1.165) is 29.9 Å². The Labute approximate surface area is 125 Å². The van der Waals surface area contributed by atoms with E-state index < -0.39 is 0 Å². The van der Waals surface area contributed by atoms with Gasteiger partial charge in [0.15, 0.2) is 5.11 Å². The summed E-state index contributed by atoms with van der Waals surface area (Å²) in [6.07, 6.45) is 1.60. The SMILES string of the molecule is Cc1cc(NC(=S)NC(C)C)ccc1N1CCCC1=O. The number of hydrogen-bond donors (Lipinski definition) is 2. The zero-order valence-corrected chi connectivity index (χ0v) is 13.0. The monoisotopic (exact) mass is 291 g/mol. The molecule has 4 nitrogen and oxygen atoms in total. The summed E-state index contributed by atoms with van der Waals surface area (Å²) < 4.78 is 0. The van der Waals surface area contributed by atoms with Crippen molar-refractivity contribution in [1.82, 2.24) is 5.32 Å². The largest absolute Gasteiger partial charge is 0.360 e. The number of carbonyl (C=O) groups excluding carboxylic acids is 1. The van der Waals surface area contributed by atoms with Crippen LogP contribution in [0.2, 0.25) is 0 Å². The first kappa shape index (κ1) is 14.8. The summed E-state index contributed by atoms with van der Waals surface area (Å²) in [7, 11) is 0. The number of amides is 1. The number of thiocarbonyl (C=S) groups is 1. The number of carbonyl (C=O) groups is 1. The molecule has 1 aromatic rings. The van der Waals surface area contributed by atoms with Crippen molar-refractivity contribution in [2.45, 2.75) is 39.7 Å². The van der Waals surface area contributed by atoms with Crippen LogP contribution < -0.4 is 15.5 Å². The molecule has 0 bridgehead atoms. The average Bonchev–Trinajstić information content (AvgIpc) is 2.74. The van der Waals surface area contributed by atoms with E-state index in [4.69, 9.17) is 12.2 Å². The summed E-state index contributed by atoms with van der Waals surface area (Å²) in [5.41, 5.74) is 3.02. The second-order valence-electron chi connectivity index (χ2n) is 5.40. The van der Waals surface area contributed by atoms with Gasteiger partial charge in [-0.15, -0.1) is 0 Å². The molecule has 0 aliphatic carbocycles. The van der Waals surface area contributed by atoms with Gasteiger partial charge >= 0.3 is 0 Å². The topological polar surface area (TPSA) is 44.4 Å². The fourth-order valence-electron chi connectivity index (χ4n) is 2.37. The van der Waals surface area contributed by atoms with Crippen molar-refractivity contribution >= 4 is 34.6 Å². The normalized spacial score (nSPS) is 14.8. The zero-order valence-electron chi connectivity index (χ0n) is 12.2. The van der Waals surface area contributed by atoms with E-state index in [0.29, 0.717) is 17.6 Å². The Kier molecular flexibility index (Phi) is 4.60. The second kappa shape index (κ2) is 6.22. The van der Waals surface area contributed by atoms with Crippen LogP contribution in [-0.4, -0.2) is 23.6 Å². The van der Waals surface area contributed by atoms with Crippen LogP contribution in [0.1, 0.15) is 32.3 Å². The van der Waals surface area contributed by atoms with Crippen LogP contribution in [0.25, 0.3) is 0 Å². The van der Waals surface area contributed by atoms with Crippen molar-refractivity contribution in [2.24, 2.45) is 0 Å². The number of hydrogen-bond acceptors (Lipinski definition) is 2. The van der Waals surface area contributed by atoms with Gasteiger partial charge in [0.05, 0.1) is 0 Å². The van der Waals surface area contributed by atoms with E-state index in [9.17, 15) is 4.79 Å². The van der Waals surface area contributed by atoms with Crippen molar-refractivity contribution in [3.05, 3.63) is 23.8 Å². The molecule has 108 valence electrons. The molecule has 1 aliphatic heterocycles. The number of rotatable bonds is 3. The fourth-order valence-corrected chi connectivity index (χ4v) is 2.72. The van der Waals surface area contributed by atoms with Crippen LogP contribution in [0.5, 0.6) is 0 Å². The predicted molar refractivity (Wildman–Crippen MR) is 87.3 cm³/mol. The van der Waals surface area contributed by atoms with Crippen molar-refractivity contribution in [2.75, 3.05) is 16.8 Å². The molecule has 0 spiro atoms. The van der Waals surface area contributed by atoms with Crippen molar-refractivity contribution < 1.29 is 4.79 Å². The van der Waals surface area contributed by atoms with E-state index in [-0.39, 0.29) is 5.91 Å². The number of aryl methyl sites for hydroxylation is 1. The zero-order chi connectivity index (χ0) is 14.7. The number of anilines is 2. The summed E-state index contributed by atoms with van der Waals surface area (Å²) in [5.74, 6) is 0.214. The fraction of sp³-hybridized carbons (Fsp3) is 0.467. The van der Waals surface area contributed by atoms with Gasteiger partial charge in [-0.05, 0) is 63.2 Å². The van der Waals surface area contributed by atoms with Crippen LogP contribution >= 0.6 is 12.2 Å². The van der Waals surface area contributed by atoms with E-state index >= 15 is 0 Å². The van der Waals surface area contributed by atoms with Gasteiger partial charge < -0.3 is 15.5 Å². The summed E-state index contributed by atoms with van der Waals surface area (Å²) in [5, 5.41) is 6.92. The Morgan fingerprint density at radius 1 is 1.40 bits per heavy atom. The molecule has 1 amide bonds. The highest BCUT2D eigenvalue weighted by Crippen LogP contribution is 2.27. The quantitative estimate of drug-likeness (QED) is 0.841. The highest BCUT2D eigenvalue weighted by atomic mass is 32.1. The van der Waals surface area contributed by atoms with Gasteiger partial charge in [0, 0.05) is 30.4 Å². The lowest BCUT2D eigenvalue weighted by atomic mass is 10.1. The highest BCUT2D eigenvalue weighted by Gasteiger charge is 2.22. The van der Waals surface area contributed by atoms with Gasteiger partial charge in [-0.25, -0.2) is 0 Å². The molecule has 0 saturated carbocycles. The molecule has 5 heteroatoms. The number of nitrogens with one attached hydrogen (secondary N) is 2. The Hall–Kier alpha value is -1.62. The Morgan fingerprint density at radius 2 is 2.15 bits per heavy atom. The van der Waals surface area contributed by atoms with Gasteiger partial charge in [-0.2, -0.15) is 0 Å². The summed E-state index contributed by atoms with van der Waals surface area (Å²) in [6.45, 7) is 6.92. The maximum absolute atomic E-state index is 11.8. The molecule has 1 heterocycles. The molecule has 1 saturated heterocycles. The molecule has 0 atom stereocenters. The average molecular weight is 291 g/mol. The minimum Gasteiger partial charge on any atom is -0.360 e. The van der Waals surface area contributed by atoms with Crippen LogP contribution in [0.3, 0.4) is 0 Å². The molecule has 0 unspecified atom stereocenters. The lowest BCUT2D eigenvalue weighted by molar-refractivity contribution is -0.117. The first-order valence-corrected chi connectivity index (χ1v) is 7.36. The predicted octanol–water partition coefficient (Wildman–Crippen LogP) is 2.82. The molecule has 1 aromatic carbocycles. The summed E-state index contributed by atoms with van der Waals surface area (Å²) in [4.78, 5) is 13.7. The Bertz CT molecular complexity index is 528. The van der Waals surface area contributed by atoms with E-state index in [1.165, 1.54) is 0 Å². The molecule has 0 radical (unpaired) electrons. The maximum atomic E-state index is 11.8. The molecular formula is C15H21N3OS. The molecular weight excluding hydrogens is 270 g/mol. The summed E-state index contributed by atoms with van der Waals surface area (Å²) in [6, 6.07) is 6.27. The Morgan fingerprint density at radius 3 is 2.70 bits per heavy atom. The van der Waals surface area contributed by atoms with Gasteiger partial charge in [-0.3, -0.25) is 4.79 Å². The van der Waals surface area contributed by atoms with Gasteiger partial charge in [-0.1, -0.05) is 0 Å². The third-order valence-electron chi connectivity index (χ3n) is 3.24. The van der Waals surface area contributed by atoms with Gasteiger partial charge in [0.2, 0.25) is 5.91 Å². The van der Waals surface area contributed by atoms with Crippen LogP contribution in [0, 0.1) is 6.92 Å². The van der Waals surface area contributed by atoms with Crippen molar-refractivity contribution in [3.63, 3.8) is 0 Å². The first-order chi connectivity index (χ1) is 9.47. The number of nitrogens with zero attached hydrogens (tertiary/aromatic N) is 1. The highest BCUT2D eigenvalue weighted by molar-refractivity contribution is 7.80. The van der Waals surface area contributed by atoms with Crippen molar-refractivity contribution in [3.8, 4) is 0 Å². The smallest absolute Gasteiger partial charge is 0.227 e. The van der Waals surface area contributed by atoms with Crippen LogP contribution in [0.15, 0.2) is 18.2 Å². The summed E-state index contributed by atoms with van der Waals surface area (Å²) >= 11 is 5.23. The second-order valence-corrected chi connectivity index (χ2v) is 5.81. The minimum atomic E-state index is 0.214. The maximum Gasteiger partial charge on any atom is 0.227 e. The lowest BCUT2D eigenvalue weighted by Crippen LogP contribution is -2.33. The molecule has 0 aromatic heterocycles. The Balaban J connectivity index is 2.09.